The second-order valence-electron chi connectivity index (χ2n) is 13.4. The molecule has 19 heteroatoms. The van der Waals surface area contributed by atoms with E-state index in [0.717, 1.165) is 43.4 Å². The molecule has 0 spiro atoms. The Kier molecular flexibility index (Phi) is 13.9. The number of carbonyl (C=O) groups excluding carboxylic acids is 2. The highest BCUT2D eigenvalue weighted by Gasteiger charge is 2.27. The molecule has 2 aliphatic heterocycles. The Morgan fingerprint density at radius 1 is 0.627 bits per heavy atom. The van der Waals surface area contributed by atoms with Crippen LogP contribution in [0.2, 0.25) is 0 Å². The zero-order chi connectivity index (χ0) is 41.3. The highest BCUT2D eigenvalue weighted by molar-refractivity contribution is 9.11. The summed E-state index contributed by atoms with van der Waals surface area (Å²) in [4.78, 5) is 50.2. The number of thiazole rings is 2. The van der Waals surface area contributed by atoms with Gasteiger partial charge in [0, 0.05) is 77.0 Å². The van der Waals surface area contributed by atoms with Gasteiger partial charge in [-0.1, -0.05) is 35.6 Å². The van der Waals surface area contributed by atoms with Crippen LogP contribution in [0.1, 0.15) is 32.1 Å². The molecule has 2 saturated heterocycles. The number of piperazine rings is 2. The number of anilines is 4. The van der Waals surface area contributed by atoms with Crippen molar-refractivity contribution in [1.29, 1.82) is 0 Å². The first-order valence-electron chi connectivity index (χ1n) is 18.5. The molecule has 12 nitrogen and oxygen atoms in total. The number of hydrogen-bond donors (Lipinski definition) is 2. The number of rotatable bonds is 10. The molecule has 0 radical (unpaired) electrons. The maximum Gasteiger partial charge on any atom is 0.257 e. The Balaban J connectivity index is 0.000000179. The van der Waals surface area contributed by atoms with Gasteiger partial charge in [0.2, 0.25) is 0 Å². The van der Waals surface area contributed by atoms with Crippen molar-refractivity contribution in [3.8, 4) is 0 Å². The first-order valence-corrected chi connectivity index (χ1v) is 21.0. The summed E-state index contributed by atoms with van der Waals surface area (Å²) in [6.07, 6.45) is 3.46. The van der Waals surface area contributed by atoms with E-state index in [1.807, 2.05) is 41.8 Å². The van der Waals surface area contributed by atoms with Crippen molar-refractivity contribution in [2.24, 2.45) is 0 Å². The van der Waals surface area contributed by atoms with Crippen molar-refractivity contribution >= 4 is 72.3 Å². The molecule has 6 heterocycles. The van der Waals surface area contributed by atoms with Gasteiger partial charge in [-0.05, 0) is 64.5 Å². The fourth-order valence-electron chi connectivity index (χ4n) is 6.45. The van der Waals surface area contributed by atoms with Gasteiger partial charge in [0.15, 0.2) is 33.5 Å². The number of aromatic nitrogens is 4. The van der Waals surface area contributed by atoms with E-state index in [2.05, 4.69) is 56.3 Å². The summed E-state index contributed by atoms with van der Waals surface area (Å²) in [6, 6.07) is 18.9. The van der Waals surface area contributed by atoms with Gasteiger partial charge in [0.25, 0.3) is 11.8 Å². The van der Waals surface area contributed by atoms with Crippen LogP contribution in [0.5, 0.6) is 0 Å². The van der Waals surface area contributed by atoms with Crippen molar-refractivity contribution in [3.05, 3.63) is 140 Å². The SMILES string of the molecule is O=C(c1cccc(F)c1F)N1CCN(Cc2cccc(Nc3ncc(Br)s3)n2)CC1.O=C(c1cccc(F)c1F)N1CCN(Cc2cccc(Nc3nccs3)n2)CC1. The molecule has 8 rings (SSSR count). The van der Waals surface area contributed by atoms with Gasteiger partial charge < -0.3 is 20.4 Å². The van der Waals surface area contributed by atoms with E-state index in [0.29, 0.717) is 71.3 Å². The van der Waals surface area contributed by atoms with Crippen LogP contribution in [0.15, 0.2) is 94.4 Å². The number of nitrogens with zero attached hydrogens (tertiary/aromatic N) is 8. The van der Waals surface area contributed by atoms with E-state index in [1.54, 1.807) is 22.2 Å². The molecule has 6 aromatic rings. The number of halogens is 5. The minimum Gasteiger partial charge on any atom is -0.336 e. The van der Waals surface area contributed by atoms with E-state index in [-0.39, 0.29) is 11.1 Å². The fraction of sp³-hybridized carbons (Fsp3) is 0.250. The summed E-state index contributed by atoms with van der Waals surface area (Å²) < 4.78 is 55.5. The highest BCUT2D eigenvalue weighted by atomic mass is 79.9. The first-order chi connectivity index (χ1) is 28.6. The van der Waals surface area contributed by atoms with Crippen LogP contribution in [0, 0.1) is 23.3 Å². The summed E-state index contributed by atoms with van der Waals surface area (Å²) in [5.74, 6) is -3.71. The van der Waals surface area contributed by atoms with Crippen molar-refractivity contribution in [1.82, 2.24) is 39.5 Å². The lowest BCUT2D eigenvalue weighted by Crippen LogP contribution is -2.48. The Morgan fingerprint density at radius 2 is 1.10 bits per heavy atom. The second kappa shape index (κ2) is 19.6. The minimum atomic E-state index is -1.09. The Morgan fingerprint density at radius 3 is 1.54 bits per heavy atom. The Labute approximate surface area is 353 Å². The van der Waals surface area contributed by atoms with Gasteiger partial charge in [-0.2, -0.15) is 0 Å². The predicted molar refractivity (Wildman–Crippen MR) is 222 cm³/mol. The van der Waals surface area contributed by atoms with Crippen molar-refractivity contribution < 1.29 is 27.2 Å². The van der Waals surface area contributed by atoms with Crippen molar-refractivity contribution in [2.75, 3.05) is 63.0 Å². The normalized spacial score (nSPS) is 14.7. The van der Waals surface area contributed by atoms with Crippen LogP contribution < -0.4 is 10.6 Å². The van der Waals surface area contributed by atoms with Gasteiger partial charge in [0.1, 0.15) is 11.6 Å². The molecule has 59 heavy (non-hydrogen) atoms. The quantitative estimate of drug-likeness (QED) is 0.132. The molecule has 0 saturated carbocycles. The maximum absolute atomic E-state index is 13.9. The highest BCUT2D eigenvalue weighted by Crippen LogP contribution is 2.26. The number of nitrogens with one attached hydrogen (secondary N) is 2. The molecular formula is C40H37BrF4N10O2S2. The third-order valence-electron chi connectivity index (χ3n) is 9.45. The fourth-order valence-corrected chi connectivity index (χ4v) is 8.10. The Hall–Kier alpha value is -5.34. The summed E-state index contributed by atoms with van der Waals surface area (Å²) in [7, 11) is 0. The zero-order valence-electron chi connectivity index (χ0n) is 31.3. The summed E-state index contributed by atoms with van der Waals surface area (Å²) >= 11 is 6.37. The first kappa shape index (κ1) is 41.8. The molecule has 306 valence electrons. The van der Waals surface area contributed by atoms with Crippen LogP contribution in [-0.4, -0.2) is 104 Å². The third-order valence-corrected chi connectivity index (χ3v) is 11.5. The summed E-state index contributed by atoms with van der Waals surface area (Å²) in [6.45, 7) is 5.58. The summed E-state index contributed by atoms with van der Waals surface area (Å²) in [5.41, 5.74) is 1.35. The van der Waals surface area contributed by atoms with Gasteiger partial charge in [-0.25, -0.2) is 37.5 Å². The van der Waals surface area contributed by atoms with Gasteiger partial charge in [-0.3, -0.25) is 19.4 Å². The molecule has 0 aliphatic carbocycles. The molecule has 2 amide bonds. The third kappa shape index (κ3) is 11.0. The predicted octanol–water partition coefficient (Wildman–Crippen LogP) is 7.80. The smallest absolute Gasteiger partial charge is 0.257 e. The average molecular weight is 910 g/mol. The van der Waals surface area contributed by atoms with Crippen molar-refractivity contribution in [2.45, 2.75) is 13.1 Å². The number of hydrogen-bond acceptors (Lipinski definition) is 12. The number of benzene rings is 2. The van der Waals surface area contributed by atoms with Crippen LogP contribution in [0.3, 0.4) is 0 Å². The lowest BCUT2D eigenvalue weighted by Gasteiger charge is -2.34. The van der Waals surface area contributed by atoms with Crippen LogP contribution in [0.4, 0.5) is 39.5 Å². The van der Waals surface area contributed by atoms with Gasteiger partial charge in [0.05, 0.1) is 32.5 Å². The largest absolute Gasteiger partial charge is 0.336 e. The van der Waals surface area contributed by atoms with E-state index >= 15 is 0 Å². The van der Waals surface area contributed by atoms with E-state index in [1.165, 1.54) is 46.9 Å². The molecular weight excluding hydrogens is 873 g/mol. The molecule has 2 N–H and O–H groups in total. The molecule has 0 atom stereocenters. The van der Waals surface area contributed by atoms with Crippen LogP contribution in [0.25, 0.3) is 0 Å². The molecule has 4 aromatic heterocycles. The topological polar surface area (TPSA) is 123 Å². The average Bonchev–Trinajstić information content (AvgIpc) is 3.92. The Bertz CT molecular complexity index is 2370. The molecule has 0 unspecified atom stereocenters. The molecule has 2 aromatic carbocycles. The monoisotopic (exact) mass is 908 g/mol. The second-order valence-corrected chi connectivity index (χ2v) is 16.7. The number of amides is 2. The van der Waals surface area contributed by atoms with Crippen molar-refractivity contribution in [3.63, 3.8) is 0 Å². The maximum atomic E-state index is 13.9. The molecule has 2 fully saturated rings. The van der Waals surface area contributed by atoms with E-state index in [9.17, 15) is 27.2 Å². The summed E-state index contributed by atoms with van der Waals surface area (Å²) in [5, 5.41) is 9.78. The lowest BCUT2D eigenvalue weighted by atomic mass is 10.1. The van der Waals surface area contributed by atoms with Gasteiger partial charge in [-0.15, -0.1) is 11.3 Å². The minimum absolute atomic E-state index is 0.221. The van der Waals surface area contributed by atoms with Gasteiger partial charge >= 0.3 is 0 Å². The molecule has 2 aliphatic rings. The van der Waals surface area contributed by atoms with Crippen LogP contribution in [-0.2, 0) is 13.1 Å². The van der Waals surface area contributed by atoms with E-state index < -0.39 is 35.1 Å². The number of carbonyl (C=O) groups is 2. The standard InChI is InChI=1S/C20H18BrF2N5OS.C20H19F2N5OS/c21-16-11-24-20(30-16)26-17-6-1-3-13(25-17)12-27-7-9-28(10-8-27)19(29)14-4-2-5-15(22)18(14)23;21-16-5-2-4-15(18(16)22)19(28)27-10-8-26(9-11-27)13-14-3-1-6-17(24-14)25-20-23-7-12-29-20/h1-6,11H,7-10,12H2,(H,24,25,26);1-7,12H,8-11,13H2,(H,23,24,25). The molecule has 0 bridgehead atoms. The number of pyridine rings is 2. The van der Waals surface area contributed by atoms with E-state index in [4.69, 9.17) is 0 Å². The lowest BCUT2D eigenvalue weighted by molar-refractivity contribution is 0.0614. The zero-order valence-corrected chi connectivity index (χ0v) is 34.6. The van der Waals surface area contributed by atoms with Crippen LogP contribution >= 0.6 is 38.6 Å².